The molecule has 1 N–H and O–H groups in total. The second kappa shape index (κ2) is 12.0. The van der Waals surface area contributed by atoms with E-state index in [-0.39, 0.29) is 30.8 Å². The van der Waals surface area contributed by atoms with Gasteiger partial charge in [-0.05, 0) is 41.7 Å². The zero-order valence-corrected chi connectivity index (χ0v) is 19.7. The second-order valence-corrected chi connectivity index (χ2v) is 8.67. The fourth-order valence-electron chi connectivity index (χ4n) is 4.38. The molecule has 3 aromatic rings. The van der Waals surface area contributed by atoms with Crippen LogP contribution in [0.5, 0.6) is 0 Å². The van der Waals surface area contributed by atoms with Crippen LogP contribution in [0, 0.1) is 0 Å². The van der Waals surface area contributed by atoms with Gasteiger partial charge in [-0.25, -0.2) is 0 Å². The Bertz CT molecular complexity index is 1090. The van der Waals surface area contributed by atoms with Crippen LogP contribution in [0.3, 0.4) is 0 Å². The van der Waals surface area contributed by atoms with Crippen LogP contribution in [-0.4, -0.2) is 37.5 Å². The molecule has 1 heterocycles. The molecule has 0 aliphatic carbocycles. The second-order valence-electron chi connectivity index (χ2n) is 8.67. The molecule has 4 rings (SSSR count). The number of ether oxygens (including phenoxy) is 1. The van der Waals surface area contributed by atoms with E-state index in [4.69, 9.17) is 4.74 Å². The maximum Gasteiger partial charge on any atom is 0.310 e. The van der Waals surface area contributed by atoms with Crippen LogP contribution in [0.15, 0.2) is 84.9 Å². The molecule has 35 heavy (non-hydrogen) atoms. The van der Waals surface area contributed by atoms with Crippen molar-refractivity contribution in [1.29, 1.82) is 0 Å². The predicted octanol–water partition coefficient (Wildman–Crippen LogP) is 4.24. The van der Waals surface area contributed by atoms with Crippen LogP contribution in [-0.2, 0) is 25.5 Å². The summed E-state index contributed by atoms with van der Waals surface area (Å²) in [6, 6.07) is 27.7. The van der Waals surface area contributed by atoms with E-state index in [0.29, 0.717) is 13.0 Å². The number of carbonyl (C=O) groups excluding carboxylic acids is 3. The maximum atomic E-state index is 12.3. The van der Waals surface area contributed by atoms with Crippen molar-refractivity contribution >= 4 is 23.5 Å². The van der Waals surface area contributed by atoms with Crippen molar-refractivity contribution in [2.75, 3.05) is 24.6 Å². The molecule has 3 aromatic carbocycles. The van der Waals surface area contributed by atoms with Crippen LogP contribution in [0.4, 0.5) is 5.69 Å². The van der Waals surface area contributed by atoms with E-state index < -0.39 is 5.97 Å². The largest absolute Gasteiger partial charge is 0.455 e. The summed E-state index contributed by atoms with van der Waals surface area (Å²) < 4.78 is 5.17. The monoisotopic (exact) mass is 470 g/mol. The molecule has 2 amide bonds. The summed E-state index contributed by atoms with van der Waals surface area (Å²) >= 11 is 0. The van der Waals surface area contributed by atoms with Gasteiger partial charge >= 0.3 is 5.97 Å². The smallest absolute Gasteiger partial charge is 0.310 e. The predicted molar refractivity (Wildman–Crippen MR) is 135 cm³/mol. The molecule has 180 valence electrons. The first kappa shape index (κ1) is 24.2. The number of nitrogens with zero attached hydrogens (tertiary/aromatic N) is 1. The van der Waals surface area contributed by atoms with Crippen molar-refractivity contribution in [3.8, 4) is 0 Å². The molecule has 6 heteroatoms. The summed E-state index contributed by atoms with van der Waals surface area (Å²) in [6.07, 6.45) is 2.26. The molecule has 0 aromatic heterocycles. The highest BCUT2D eigenvalue weighted by Gasteiger charge is 2.21. The van der Waals surface area contributed by atoms with Crippen molar-refractivity contribution in [2.45, 2.75) is 31.6 Å². The zero-order chi connectivity index (χ0) is 24.5. The van der Waals surface area contributed by atoms with E-state index in [9.17, 15) is 14.4 Å². The Morgan fingerprint density at radius 2 is 1.51 bits per heavy atom. The summed E-state index contributed by atoms with van der Waals surface area (Å²) in [5.74, 6) is -0.487. The third kappa shape index (κ3) is 6.79. The van der Waals surface area contributed by atoms with Gasteiger partial charge in [0, 0.05) is 31.1 Å². The fourth-order valence-corrected chi connectivity index (χ4v) is 4.38. The molecule has 0 atom stereocenters. The lowest BCUT2D eigenvalue weighted by Gasteiger charge is -2.18. The van der Waals surface area contributed by atoms with Crippen molar-refractivity contribution in [1.82, 2.24) is 5.32 Å². The summed E-state index contributed by atoms with van der Waals surface area (Å²) in [5, 5.41) is 2.86. The first-order valence-corrected chi connectivity index (χ1v) is 12.0. The number of benzene rings is 3. The lowest BCUT2D eigenvalue weighted by Crippen LogP contribution is -2.30. The van der Waals surface area contributed by atoms with Gasteiger partial charge < -0.3 is 15.0 Å². The Hall–Kier alpha value is -3.93. The molecular formula is C29H30N2O4. The Balaban J connectivity index is 1.21. The summed E-state index contributed by atoms with van der Waals surface area (Å²) in [5.41, 5.74) is 4.01. The molecular weight excluding hydrogens is 440 g/mol. The lowest BCUT2D eigenvalue weighted by molar-refractivity contribution is -0.147. The number of rotatable bonds is 10. The van der Waals surface area contributed by atoms with Crippen LogP contribution in [0.25, 0.3) is 0 Å². The highest BCUT2D eigenvalue weighted by Crippen LogP contribution is 2.27. The van der Waals surface area contributed by atoms with Gasteiger partial charge in [-0.15, -0.1) is 0 Å². The first-order valence-electron chi connectivity index (χ1n) is 12.0. The molecule has 1 fully saturated rings. The van der Waals surface area contributed by atoms with Crippen molar-refractivity contribution in [3.05, 3.63) is 102 Å². The van der Waals surface area contributed by atoms with Crippen LogP contribution in [0.2, 0.25) is 0 Å². The van der Waals surface area contributed by atoms with Gasteiger partial charge in [-0.2, -0.15) is 0 Å². The number of amides is 2. The Labute approximate surface area is 205 Å². The maximum absolute atomic E-state index is 12.3. The first-order chi connectivity index (χ1) is 17.1. The van der Waals surface area contributed by atoms with Gasteiger partial charge in [-0.3, -0.25) is 14.4 Å². The van der Waals surface area contributed by atoms with Crippen molar-refractivity contribution in [2.24, 2.45) is 0 Å². The summed E-state index contributed by atoms with van der Waals surface area (Å²) in [7, 11) is 0. The van der Waals surface area contributed by atoms with Gasteiger partial charge in [0.2, 0.25) is 5.91 Å². The summed E-state index contributed by atoms with van der Waals surface area (Å²) in [6.45, 7) is 0.898. The van der Waals surface area contributed by atoms with E-state index in [2.05, 4.69) is 29.6 Å². The number of hydrogen-bond donors (Lipinski definition) is 1. The van der Waals surface area contributed by atoms with Gasteiger partial charge in [0.15, 0.2) is 6.61 Å². The Morgan fingerprint density at radius 3 is 2.09 bits per heavy atom. The Morgan fingerprint density at radius 1 is 0.886 bits per heavy atom. The molecule has 1 aliphatic rings. The number of nitrogens with one attached hydrogen (secondary N) is 1. The highest BCUT2D eigenvalue weighted by molar-refractivity contribution is 5.95. The van der Waals surface area contributed by atoms with E-state index >= 15 is 0 Å². The van der Waals surface area contributed by atoms with Gasteiger partial charge in [0.1, 0.15) is 0 Å². The van der Waals surface area contributed by atoms with E-state index in [0.717, 1.165) is 30.6 Å². The standard InChI is InChI=1S/C29H30N2O4/c32-27(30-18-17-26(23-8-3-1-4-9-23)24-10-5-2-6-11-24)21-35-29(34)20-22-13-15-25(16-14-22)31-19-7-12-28(31)33/h1-6,8-11,13-16,26H,7,12,17-21H2,(H,30,32). The number of anilines is 1. The molecule has 1 saturated heterocycles. The zero-order valence-electron chi connectivity index (χ0n) is 19.7. The minimum Gasteiger partial charge on any atom is -0.455 e. The Kier molecular flexibility index (Phi) is 8.28. The minimum absolute atomic E-state index is 0.0750. The lowest BCUT2D eigenvalue weighted by atomic mass is 9.88. The number of carbonyl (C=O) groups is 3. The number of esters is 1. The summed E-state index contributed by atoms with van der Waals surface area (Å²) in [4.78, 5) is 38.1. The fraction of sp³-hybridized carbons (Fsp3) is 0.276. The molecule has 0 saturated carbocycles. The molecule has 0 unspecified atom stereocenters. The van der Waals surface area contributed by atoms with E-state index in [1.807, 2.05) is 60.7 Å². The van der Waals surface area contributed by atoms with Crippen LogP contribution < -0.4 is 10.2 Å². The van der Waals surface area contributed by atoms with Gasteiger partial charge in [0.05, 0.1) is 6.42 Å². The SMILES string of the molecule is O=C(COC(=O)Cc1ccc(N2CCCC2=O)cc1)NCCC(c1ccccc1)c1ccccc1. The van der Waals surface area contributed by atoms with E-state index in [1.165, 1.54) is 11.1 Å². The van der Waals surface area contributed by atoms with Crippen LogP contribution in [0.1, 0.15) is 41.9 Å². The third-order valence-electron chi connectivity index (χ3n) is 6.19. The molecule has 0 spiro atoms. The third-order valence-corrected chi connectivity index (χ3v) is 6.19. The molecule has 0 radical (unpaired) electrons. The van der Waals surface area contributed by atoms with Crippen molar-refractivity contribution < 1.29 is 19.1 Å². The van der Waals surface area contributed by atoms with Gasteiger partial charge in [-0.1, -0.05) is 72.8 Å². The quantitative estimate of drug-likeness (QED) is 0.450. The van der Waals surface area contributed by atoms with Crippen molar-refractivity contribution in [3.63, 3.8) is 0 Å². The average Bonchev–Trinajstić information content (AvgIpc) is 3.32. The molecule has 1 aliphatic heterocycles. The molecule has 0 bridgehead atoms. The average molecular weight is 471 g/mol. The molecule has 6 nitrogen and oxygen atoms in total. The minimum atomic E-state index is -0.461. The highest BCUT2D eigenvalue weighted by atomic mass is 16.5. The van der Waals surface area contributed by atoms with Crippen LogP contribution >= 0.6 is 0 Å². The van der Waals surface area contributed by atoms with E-state index in [1.54, 1.807) is 4.90 Å². The normalized spacial score (nSPS) is 13.2. The van der Waals surface area contributed by atoms with Gasteiger partial charge in [0.25, 0.3) is 5.91 Å². The topological polar surface area (TPSA) is 75.7 Å². The number of hydrogen-bond acceptors (Lipinski definition) is 4.